The Bertz CT molecular complexity index is 1470. The van der Waals surface area contributed by atoms with E-state index in [-0.39, 0.29) is 55.3 Å². The molecule has 14 heteroatoms. The van der Waals surface area contributed by atoms with Gasteiger partial charge >= 0.3 is 12.1 Å². The highest BCUT2D eigenvalue weighted by molar-refractivity contribution is 7.99. The summed E-state index contributed by atoms with van der Waals surface area (Å²) in [5.74, 6) is -0.393. The highest BCUT2D eigenvalue weighted by atomic mass is 32.2. The molecule has 2 atom stereocenters. The highest BCUT2D eigenvalue weighted by Gasteiger charge is 2.38. The second kappa shape index (κ2) is 17.6. The molecule has 1 aromatic carbocycles. The van der Waals surface area contributed by atoms with Crippen molar-refractivity contribution in [2.45, 2.75) is 109 Å². The Morgan fingerprint density at radius 1 is 0.960 bits per heavy atom. The van der Waals surface area contributed by atoms with Gasteiger partial charge in [0.05, 0.1) is 12.7 Å². The molecule has 1 aliphatic heterocycles. The molecular weight excluding hydrogens is 675 g/mol. The summed E-state index contributed by atoms with van der Waals surface area (Å²) in [6, 6.07) is 9.98. The normalized spacial score (nSPS) is 15.2. The Labute approximate surface area is 302 Å². The zero-order valence-electron chi connectivity index (χ0n) is 31.3. The Kier molecular flexibility index (Phi) is 14.4. The number of amides is 3. The van der Waals surface area contributed by atoms with Gasteiger partial charge in [0.1, 0.15) is 22.4 Å². The SMILES string of the molecule is CCOC(=O)N1CCN(C(=O)C(CCC(=O)OC(C)(C)C)NC(=O)c2cc(SC[C@H](C)O[Si](C)(C)C(C)(C)C)nc(-c3ccccc3)n2)CC1. The second-order valence-corrected chi connectivity index (χ2v) is 20.7. The molecule has 0 radical (unpaired) electrons. The zero-order chi connectivity index (χ0) is 37.3. The number of hydrogen-bond acceptors (Lipinski definition) is 10. The smallest absolute Gasteiger partial charge is 0.409 e. The maximum Gasteiger partial charge on any atom is 0.409 e. The molecule has 1 fully saturated rings. The lowest BCUT2D eigenvalue weighted by atomic mass is 10.1. The van der Waals surface area contributed by atoms with Crippen molar-refractivity contribution in [1.82, 2.24) is 25.1 Å². The van der Waals surface area contributed by atoms with E-state index in [1.54, 1.807) is 43.6 Å². The second-order valence-electron chi connectivity index (χ2n) is 14.9. The molecule has 50 heavy (non-hydrogen) atoms. The minimum absolute atomic E-state index is 0.0259. The molecular formula is C36H55N5O7SSi. The van der Waals surface area contributed by atoms with Crippen molar-refractivity contribution in [2.24, 2.45) is 0 Å². The Morgan fingerprint density at radius 2 is 1.58 bits per heavy atom. The number of benzene rings is 1. The van der Waals surface area contributed by atoms with Crippen LogP contribution in [0.4, 0.5) is 4.79 Å². The van der Waals surface area contributed by atoms with E-state index < -0.39 is 37.9 Å². The van der Waals surface area contributed by atoms with Gasteiger partial charge in [-0.1, -0.05) is 51.1 Å². The third kappa shape index (κ3) is 12.4. The van der Waals surface area contributed by atoms with Gasteiger partial charge in [-0.05, 0) is 59.2 Å². The van der Waals surface area contributed by atoms with Gasteiger partial charge in [0, 0.05) is 50.0 Å². The molecule has 2 aromatic rings. The first-order valence-corrected chi connectivity index (χ1v) is 21.2. The number of carbonyl (C=O) groups is 4. The minimum Gasteiger partial charge on any atom is -0.460 e. The summed E-state index contributed by atoms with van der Waals surface area (Å²) in [7, 11) is -1.99. The summed E-state index contributed by atoms with van der Waals surface area (Å²) < 4.78 is 17.1. The quantitative estimate of drug-likeness (QED) is 0.110. The predicted molar refractivity (Wildman–Crippen MR) is 197 cm³/mol. The molecule has 1 aromatic heterocycles. The van der Waals surface area contributed by atoms with Crippen molar-refractivity contribution in [2.75, 3.05) is 38.5 Å². The van der Waals surface area contributed by atoms with Crippen LogP contribution in [0.3, 0.4) is 0 Å². The lowest BCUT2D eigenvalue weighted by molar-refractivity contribution is -0.155. The van der Waals surface area contributed by atoms with Crippen LogP contribution >= 0.6 is 11.8 Å². The summed E-state index contributed by atoms with van der Waals surface area (Å²) in [4.78, 5) is 65.2. The van der Waals surface area contributed by atoms with Crippen LogP contribution in [-0.4, -0.2) is 108 Å². The van der Waals surface area contributed by atoms with Gasteiger partial charge in [-0.25, -0.2) is 14.8 Å². The fourth-order valence-electron chi connectivity index (χ4n) is 4.94. The first kappa shape index (κ1) is 40.9. The van der Waals surface area contributed by atoms with Crippen molar-refractivity contribution in [3.63, 3.8) is 0 Å². The number of carbonyl (C=O) groups excluding carboxylic acids is 4. The number of esters is 1. The zero-order valence-corrected chi connectivity index (χ0v) is 33.1. The summed E-state index contributed by atoms with van der Waals surface area (Å²) in [5.41, 5.74) is 0.146. The molecule has 1 N–H and O–H groups in total. The average molecular weight is 730 g/mol. The number of piperazine rings is 1. The fourth-order valence-corrected chi connectivity index (χ4v) is 7.32. The molecule has 12 nitrogen and oxygen atoms in total. The van der Waals surface area contributed by atoms with Crippen LogP contribution < -0.4 is 5.32 Å². The van der Waals surface area contributed by atoms with Gasteiger partial charge in [-0.2, -0.15) is 0 Å². The molecule has 1 aliphatic rings. The number of rotatable bonds is 13. The number of nitrogens with one attached hydrogen (secondary N) is 1. The van der Waals surface area contributed by atoms with Crippen molar-refractivity contribution in [1.29, 1.82) is 0 Å². The van der Waals surface area contributed by atoms with Crippen LogP contribution in [0.2, 0.25) is 18.1 Å². The van der Waals surface area contributed by atoms with Gasteiger partial charge < -0.3 is 29.0 Å². The number of aromatic nitrogens is 2. The van der Waals surface area contributed by atoms with Gasteiger partial charge in [0.2, 0.25) is 5.91 Å². The third-order valence-corrected chi connectivity index (χ3v) is 14.3. The van der Waals surface area contributed by atoms with Crippen LogP contribution in [0.1, 0.15) is 78.7 Å². The number of thioether (sulfide) groups is 1. The molecule has 0 saturated carbocycles. The first-order valence-electron chi connectivity index (χ1n) is 17.3. The molecule has 3 rings (SSSR count). The minimum atomic E-state index is -1.99. The fraction of sp³-hybridized carbons (Fsp3) is 0.611. The van der Waals surface area contributed by atoms with E-state index >= 15 is 0 Å². The molecule has 2 heterocycles. The average Bonchev–Trinajstić information content (AvgIpc) is 3.04. The summed E-state index contributed by atoms with van der Waals surface area (Å²) >= 11 is 1.48. The van der Waals surface area contributed by atoms with E-state index in [0.717, 1.165) is 5.56 Å². The van der Waals surface area contributed by atoms with Crippen LogP contribution in [0.15, 0.2) is 41.4 Å². The molecule has 0 spiro atoms. The molecule has 0 bridgehead atoms. The van der Waals surface area contributed by atoms with E-state index in [2.05, 4.69) is 44.2 Å². The third-order valence-electron chi connectivity index (χ3n) is 8.51. The van der Waals surface area contributed by atoms with Gasteiger partial charge in [-0.3, -0.25) is 14.4 Å². The molecule has 276 valence electrons. The van der Waals surface area contributed by atoms with E-state index in [0.29, 0.717) is 29.7 Å². The maximum absolute atomic E-state index is 13.9. The standard InChI is InChI=1S/C36H55N5O7SSi/c1-11-46-34(45)41-21-19-40(20-22-41)33(44)27(17-18-30(42)47-35(3,4)5)38-32(43)28-23-29(39-31(37-28)26-15-13-12-14-16-26)49-24-25(2)48-50(9,10)36(6,7)8/h12-16,23,25,27H,11,17-22,24H2,1-10H3,(H,38,43)/t25-,27?/m0/s1. The summed E-state index contributed by atoms with van der Waals surface area (Å²) in [6.07, 6.45) is -0.532. The van der Waals surface area contributed by atoms with E-state index in [9.17, 15) is 19.2 Å². The predicted octanol–water partition coefficient (Wildman–Crippen LogP) is 6.17. The van der Waals surface area contributed by atoms with Crippen molar-refractivity contribution >= 4 is 44.0 Å². The van der Waals surface area contributed by atoms with Crippen molar-refractivity contribution in [3.8, 4) is 11.4 Å². The van der Waals surface area contributed by atoms with E-state index in [1.165, 1.54) is 11.8 Å². The number of hydrogen-bond donors (Lipinski definition) is 1. The lowest BCUT2D eigenvalue weighted by Crippen LogP contribution is -2.56. The van der Waals surface area contributed by atoms with Crippen molar-refractivity contribution < 1.29 is 33.1 Å². The molecule has 1 unspecified atom stereocenters. The maximum atomic E-state index is 13.9. The first-order chi connectivity index (χ1) is 23.3. The lowest BCUT2D eigenvalue weighted by Gasteiger charge is -2.38. The van der Waals surface area contributed by atoms with E-state index in [1.807, 2.05) is 37.3 Å². The van der Waals surface area contributed by atoms with Gasteiger partial charge in [-0.15, -0.1) is 11.8 Å². The topological polar surface area (TPSA) is 140 Å². The molecule has 3 amide bonds. The molecule has 0 aliphatic carbocycles. The number of ether oxygens (including phenoxy) is 2. The largest absolute Gasteiger partial charge is 0.460 e. The summed E-state index contributed by atoms with van der Waals surface area (Å²) in [6.45, 7) is 21.5. The van der Waals surface area contributed by atoms with Crippen molar-refractivity contribution in [3.05, 3.63) is 42.1 Å². The van der Waals surface area contributed by atoms with Crippen LogP contribution in [-0.2, 0) is 23.5 Å². The summed E-state index contributed by atoms with van der Waals surface area (Å²) in [5, 5.41) is 3.53. The van der Waals surface area contributed by atoms with Gasteiger partial charge in [0.15, 0.2) is 14.1 Å². The molecule has 1 saturated heterocycles. The highest BCUT2D eigenvalue weighted by Crippen LogP contribution is 2.38. The van der Waals surface area contributed by atoms with E-state index in [4.69, 9.17) is 18.9 Å². The Morgan fingerprint density at radius 3 is 2.16 bits per heavy atom. The Hall–Kier alpha value is -3.49. The Balaban J connectivity index is 1.85. The van der Waals surface area contributed by atoms with Crippen LogP contribution in [0, 0.1) is 0 Å². The number of nitrogens with zero attached hydrogens (tertiary/aromatic N) is 4. The monoisotopic (exact) mass is 729 g/mol. The van der Waals surface area contributed by atoms with Crippen LogP contribution in [0.25, 0.3) is 11.4 Å². The van der Waals surface area contributed by atoms with Crippen LogP contribution in [0.5, 0.6) is 0 Å². The van der Waals surface area contributed by atoms with Gasteiger partial charge in [0.25, 0.3) is 5.91 Å².